The molecule has 26 heavy (non-hydrogen) atoms. The number of ether oxygens (including phenoxy) is 1. The molecule has 1 N–H and O–H groups in total. The second kappa shape index (κ2) is 8.06. The summed E-state index contributed by atoms with van der Waals surface area (Å²) in [6.45, 7) is 2.56. The molecule has 6 nitrogen and oxygen atoms in total. The molecule has 0 aromatic heterocycles. The van der Waals surface area contributed by atoms with Gasteiger partial charge in [-0.2, -0.15) is 0 Å². The number of nitrogens with zero attached hydrogens (tertiary/aromatic N) is 1. The Morgan fingerprint density at radius 2 is 1.96 bits per heavy atom. The lowest BCUT2D eigenvalue weighted by Crippen LogP contribution is -2.58. The summed E-state index contributed by atoms with van der Waals surface area (Å²) >= 11 is 0. The summed E-state index contributed by atoms with van der Waals surface area (Å²) < 4.78 is 32.1. The third kappa shape index (κ3) is 4.84. The Bertz CT molecular complexity index is 716. The molecule has 1 saturated heterocycles. The minimum Gasteiger partial charge on any atom is -0.376 e. The van der Waals surface area contributed by atoms with Gasteiger partial charge >= 0.3 is 0 Å². The van der Waals surface area contributed by atoms with Crippen LogP contribution in [-0.4, -0.2) is 56.8 Å². The summed E-state index contributed by atoms with van der Waals surface area (Å²) in [7, 11) is -3.32. The monoisotopic (exact) mass is 380 g/mol. The summed E-state index contributed by atoms with van der Waals surface area (Å²) in [6, 6.07) is 9.89. The van der Waals surface area contributed by atoms with Crippen molar-refractivity contribution in [2.75, 3.05) is 19.4 Å². The number of piperidine rings is 1. The molecule has 1 aromatic rings. The van der Waals surface area contributed by atoms with Gasteiger partial charge in [-0.05, 0) is 37.2 Å². The van der Waals surface area contributed by atoms with Crippen LogP contribution in [0.25, 0.3) is 0 Å². The smallest absolute Gasteiger partial charge is 0.219 e. The lowest BCUT2D eigenvalue weighted by Gasteiger charge is -2.43. The van der Waals surface area contributed by atoms with Gasteiger partial charge in [-0.3, -0.25) is 4.79 Å². The van der Waals surface area contributed by atoms with E-state index in [-0.39, 0.29) is 24.1 Å². The van der Waals surface area contributed by atoms with Crippen LogP contribution in [0.5, 0.6) is 0 Å². The second-order valence-corrected chi connectivity index (χ2v) is 9.23. The molecule has 2 aliphatic rings. The van der Waals surface area contributed by atoms with E-state index in [2.05, 4.69) is 29.0 Å². The first-order valence-electron chi connectivity index (χ1n) is 9.24. The normalized spacial score (nSPS) is 29.2. The predicted octanol–water partition coefficient (Wildman–Crippen LogP) is 1.88. The third-order valence-corrected chi connectivity index (χ3v) is 6.15. The van der Waals surface area contributed by atoms with Crippen molar-refractivity contribution in [1.29, 1.82) is 0 Å². The van der Waals surface area contributed by atoms with Gasteiger partial charge in [0.1, 0.15) is 0 Å². The van der Waals surface area contributed by atoms with Gasteiger partial charge in [0.05, 0.1) is 25.0 Å². The predicted molar refractivity (Wildman–Crippen MR) is 100 cm³/mol. The van der Waals surface area contributed by atoms with E-state index in [9.17, 15) is 13.2 Å². The molecule has 1 heterocycles. The molecule has 1 aliphatic carbocycles. The Hall–Kier alpha value is -1.44. The lowest BCUT2D eigenvalue weighted by molar-refractivity contribution is -0.136. The van der Waals surface area contributed by atoms with Crippen molar-refractivity contribution in [2.24, 2.45) is 0 Å². The highest BCUT2D eigenvalue weighted by molar-refractivity contribution is 7.88. The molecule has 1 amide bonds. The quantitative estimate of drug-likeness (QED) is 0.818. The average Bonchev–Trinajstić information content (AvgIpc) is 2.53. The molecule has 0 unspecified atom stereocenters. The van der Waals surface area contributed by atoms with Gasteiger partial charge in [-0.15, -0.1) is 0 Å². The van der Waals surface area contributed by atoms with Crippen molar-refractivity contribution < 1.29 is 17.9 Å². The number of benzene rings is 1. The average molecular weight is 381 g/mol. The maximum atomic E-state index is 12.0. The SMILES string of the molecule is CC(=O)N1CCC[C@@H](NS(C)(=O)=O)[C@H]1CO[C@H]1C[C@H](c2ccccc2)C1. The summed E-state index contributed by atoms with van der Waals surface area (Å²) in [5.41, 5.74) is 1.34. The van der Waals surface area contributed by atoms with E-state index in [4.69, 9.17) is 4.74 Å². The molecule has 0 spiro atoms. The molecule has 0 radical (unpaired) electrons. The van der Waals surface area contributed by atoms with Crippen molar-refractivity contribution in [3.8, 4) is 0 Å². The standard InChI is InChI=1S/C19H28N2O4S/c1-14(22)21-10-6-9-18(20-26(2,23)24)19(21)13-25-17-11-16(12-17)15-7-4-3-5-8-15/h3-5,7-8,16-20H,6,9-13H2,1-2H3/t16-,17-,18-,19-/m1/s1. The molecule has 2 atom stereocenters. The van der Waals surface area contributed by atoms with Crippen molar-refractivity contribution >= 4 is 15.9 Å². The molecule has 1 saturated carbocycles. The van der Waals surface area contributed by atoms with Gasteiger partial charge in [0.15, 0.2) is 0 Å². The Morgan fingerprint density at radius 3 is 2.58 bits per heavy atom. The Balaban J connectivity index is 1.57. The number of amides is 1. The third-order valence-electron chi connectivity index (χ3n) is 5.42. The molecule has 1 aliphatic heterocycles. The fraction of sp³-hybridized carbons (Fsp3) is 0.632. The number of carbonyl (C=O) groups is 1. The van der Waals surface area contributed by atoms with E-state index >= 15 is 0 Å². The Morgan fingerprint density at radius 1 is 1.27 bits per heavy atom. The maximum Gasteiger partial charge on any atom is 0.219 e. The van der Waals surface area contributed by atoms with E-state index in [1.165, 1.54) is 12.5 Å². The first-order valence-corrected chi connectivity index (χ1v) is 11.1. The van der Waals surface area contributed by atoms with Gasteiger partial charge in [0, 0.05) is 19.5 Å². The van der Waals surface area contributed by atoms with Gasteiger partial charge in [-0.25, -0.2) is 13.1 Å². The van der Waals surface area contributed by atoms with Gasteiger partial charge in [0.25, 0.3) is 0 Å². The number of hydrogen-bond acceptors (Lipinski definition) is 4. The minimum atomic E-state index is -3.32. The van der Waals surface area contributed by atoms with Crippen molar-refractivity contribution in [3.05, 3.63) is 35.9 Å². The topological polar surface area (TPSA) is 75.7 Å². The van der Waals surface area contributed by atoms with Crippen molar-refractivity contribution in [1.82, 2.24) is 9.62 Å². The number of nitrogens with one attached hydrogen (secondary N) is 1. The van der Waals surface area contributed by atoms with Crippen molar-refractivity contribution in [2.45, 2.75) is 56.7 Å². The molecule has 2 fully saturated rings. The van der Waals surface area contributed by atoms with Gasteiger partial charge in [0.2, 0.25) is 15.9 Å². The van der Waals surface area contributed by atoms with Gasteiger partial charge < -0.3 is 9.64 Å². The van der Waals surface area contributed by atoms with E-state index in [0.29, 0.717) is 19.1 Å². The lowest BCUT2D eigenvalue weighted by atomic mass is 9.77. The molecule has 144 valence electrons. The van der Waals surface area contributed by atoms with Crippen LogP contribution in [0.4, 0.5) is 0 Å². The number of sulfonamides is 1. The largest absolute Gasteiger partial charge is 0.376 e. The minimum absolute atomic E-state index is 0.0330. The van der Waals surface area contributed by atoms with E-state index < -0.39 is 10.0 Å². The Labute approximate surface area is 156 Å². The number of carbonyl (C=O) groups excluding carboxylic acids is 1. The number of likely N-dealkylation sites (tertiary alicyclic amines) is 1. The molecule has 0 bridgehead atoms. The van der Waals surface area contributed by atoms with Crippen LogP contribution in [-0.2, 0) is 19.6 Å². The second-order valence-electron chi connectivity index (χ2n) is 7.45. The maximum absolute atomic E-state index is 12.0. The zero-order chi connectivity index (χ0) is 18.7. The number of rotatable bonds is 6. The van der Waals surface area contributed by atoms with E-state index in [0.717, 1.165) is 31.9 Å². The summed E-state index contributed by atoms with van der Waals surface area (Å²) in [5.74, 6) is 0.496. The summed E-state index contributed by atoms with van der Waals surface area (Å²) in [5, 5.41) is 0. The Kier molecular flexibility index (Phi) is 5.99. The van der Waals surface area contributed by atoms with Crippen LogP contribution in [0.2, 0.25) is 0 Å². The fourth-order valence-corrected chi connectivity index (χ4v) is 4.83. The van der Waals surface area contributed by atoms with Gasteiger partial charge in [-0.1, -0.05) is 30.3 Å². The highest BCUT2D eigenvalue weighted by atomic mass is 32.2. The molecular weight excluding hydrogens is 352 g/mol. The zero-order valence-electron chi connectivity index (χ0n) is 15.4. The summed E-state index contributed by atoms with van der Waals surface area (Å²) in [4.78, 5) is 13.7. The van der Waals surface area contributed by atoms with Crippen LogP contribution in [0.3, 0.4) is 0 Å². The summed E-state index contributed by atoms with van der Waals surface area (Å²) in [6.07, 6.45) is 4.80. The van der Waals surface area contributed by atoms with Crippen LogP contribution >= 0.6 is 0 Å². The zero-order valence-corrected chi connectivity index (χ0v) is 16.2. The molecule has 1 aromatic carbocycles. The molecular formula is C19H28N2O4S. The van der Waals surface area contributed by atoms with Crippen LogP contribution < -0.4 is 4.72 Å². The first-order chi connectivity index (χ1) is 12.3. The van der Waals surface area contributed by atoms with Crippen molar-refractivity contribution in [3.63, 3.8) is 0 Å². The van der Waals surface area contributed by atoms with Crippen LogP contribution in [0, 0.1) is 0 Å². The molecule has 3 rings (SSSR count). The fourth-order valence-electron chi connectivity index (χ4n) is 4.00. The highest BCUT2D eigenvalue weighted by Crippen LogP contribution is 2.38. The van der Waals surface area contributed by atoms with E-state index in [1.54, 1.807) is 4.90 Å². The number of hydrogen-bond donors (Lipinski definition) is 1. The van der Waals surface area contributed by atoms with Crippen LogP contribution in [0.15, 0.2) is 30.3 Å². The van der Waals surface area contributed by atoms with E-state index in [1.807, 2.05) is 6.07 Å². The van der Waals surface area contributed by atoms with Crippen LogP contribution in [0.1, 0.15) is 44.1 Å². The molecule has 7 heteroatoms. The first kappa shape index (κ1) is 19.3. The highest BCUT2D eigenvalue weighted by Gasteiger charge is 2.37.